The molecule has 0 unspecified atom stereocenters. The molecule has 15 heavy (non-hydrogen) atoms. The van der Waals surface area contributed by atoms with Gasteiger partial charge in [0.25, 0.3) is 0 Å². The predicted octanol–water partition coefficient (Wildman–Crippen LogP) is -0.578. The number of tetrazole rings is 1. The average Bonchev–Trinajstić information content (AvgIpc) is 2.75. The topological polar surface area (TPSA) is 82.1 Å². The summed E-state index contributed by atoms with van der Waals surface area (Å²) in [5.74, 6) is 0.662. The maximum atomic E-state index is 5.30. The summed E-state index contributed by atoms with van der Waals surface area (Å²) in [6, 6.07) is 0. The van der Waals surface area contributed by atoms with Crippen molar-refractivity contribution in [2.75, 3.05) is 40.1 Å². The zero-order chi connectivity index (χ0) is 10.8. The molecular formula is C8H16N4O3. The van der Waals surface area contributed by atoms with Crippen LogP contribution in [0.4, 0.5) is 0 Å². The minimum Gasteiger partial charge on any atom is -0.382 e. The molecule has 0 fully saturated rings. The first-order valence-corrected chi connectivity index (χ1v) is 4.80. The van der Waals surface area contributed by atoms with Crippen LogP contribution in [0.3, 0.4) is 0 Å². The summed E-state index contributed by atoms with van der Waals surface area (Å²) in [5.41, 5.74) is 0. The standard InChI is InChI=1S/C8H16N4O3/c1-13-4-5-15-7-6-14-3-2-8-9-11-12-10-8/h2-7H2,1H3,(H,9,10,11,12). The molecule has 1 N–H and O–H groups in total. The van der Waals surface area contributed by atoms with Crippen molar-refractivity contribution < 1.29 is 14.2 Å². The van der Waals surface area contributed by atoms with Gasteiger partial charge in [0.05, 0.1) is 33.0 Å². The van der Waals surface area contributed by atoms with Gasteiger partial charge >= 0.3 is 0 Å². The second-order valence-electron chi connectivity index (χ2n) is 2.80. The van der Waals surface area contributed by atoms with E-state index in [0.717, 1.165) is 0 Å². The van der Waals surface area contributed by atoms with Crippen LogP contribution in [0.25, 0.3) is 0 Å². The molecule has 1 aromatic rings. The molecule has 0 aliphatic carbocycles. The molecule has 0 bridgehead atoms. The second-order valence-corrected chi connectivity index (χ2v) is 2.80. The minimum absolute atomic E-state index is 0.571. The van der Waals surface area contributed by atoms with Crippen LogP contribution >= 0.6 is 0 Å². The van der Waals surface area contributed by atoms with E-state index in [4.69, 9.17) is 14.2 Å². The smallest absolute Gasteiger partial charge is 0.176 e. The monoisotopic (exact) mass is 216 g/mol. The van der Waals surface area contributed by atoms with Crippen LogP contribution < -0.4 is 0 Å². The Morgan fingerprint density at radius 3 is 2.47 bits per heavy atom. The first-order chi connectivity index (χ1) is 7.43. The van der Waals surface area contributed by atoms with Gasteiger partial charge < -0.3 is 14.2 Å². The summed E-state index contributed by atoms with van der Waals surface area (Å²) < 4.78 is 15.3. The Morgan fingerprint density at radius 1 is 1.07 bits per heavy atom. The normalized spacial score (nSPS) is 10.7. The molecule has 0 atom stereocenters. The minimum atomic E-state index is 0.571. The molecule has 1 rings (SSSR count). The van der Waals surface area contributed by atoms with Gasteiger partial charge in [-0.3, -0.25) is 0 Å². The lowest BCUT2D eigenvalue weighted by molar-refractivity contribution is 0.0253. The Balaban J connectivity index is 1.81. The number of methoxy groups -OCH3 is 1. The van der Waals surface area contributed by atoms with Crippen molar-refractivity contribution in [1.29, 1.82) is 0 Å². The van der Waals surface area contributed by atoms with E-state index in [9.17, 15) is 0 Å². The van der Waals surface area contributed by atoms with E-state index >= 15 is 0 Å². The molecule has 1 heterocycles. The van der Waals surface area contributed by atoms with Gasteiger partial charge in [-0.05, 0) is 0 Å². The molecule has 0 radical (unpaired) electrons. The van der Waals surface area contributed by atoms with Crippen molar-refractivity contribution in [1.82, 2.24) is 20.6 Å². The molecule has 0 amide bonds. The fourth-order valence-electron chi connectivity index (χ4n) is 0.916. The van der Waals surface area contributed by atoms with Crippen molar-refractivity contribution in [3.05, 3.63) is 5.82 Å². The van der Waals surface area contributed by atoms with Gasteiger partial charge in [-0.25, -0.2) is 0 Å². The number of nitrogens with one attached hydrogen (secondary N) is 1. The first kappa shape index (κ1) is 12.0. The van der Waals surface area contributed by atoms with E-state index in [1.54, 1.807) is 7.11 Å². The maximum absolute atomic E-state index is 5.30. The molecule has 0 saturated heterocycles. The van der Waals surface area contributed by atoms with E-state index in [0.29, 0.717) is 45.3 Å². The molecule has 86 valence electrons. The Labute approximate surface area is 88.1 Å². The Bertz CT molecular complexity index is 230. The Morgan fingerprint density at radius 2 is 1.80 bits per heavy atom. The number of rotatable bonds is 9. The number of hydrogen-bond donors (Lipinski definition) is 1. The second kappa shape index (κ2) is 8.27. The maximum Gasteiger partial charge on any atom is 0.176 e. The van der Waals surface area contributed by atoms with Crippen LogP contribution in [-0.2, 0) is 20.6 Å². The molecule has 1 aromatic heterocycles. The van der Waals surface area contributed by atoms with Crippen molar-refractivity contribution >= 4 is 0 Å². The number of nitrogens with zero attached hydrogens (tertiary/aromatic N) is 3. The van der Waals surface area contributed by atoms with Gasteiger partial charge in [-0.2, -0.15) is 5.21 Å². The van der Waals surface area contributed by atoms with Gasteiger partial charge in [0.2, 0.25) is 0 Å². The highest BCUT2D eigenvalue weighted by molar-refractivity contribution is 4.74. The molecule has 7 heteroatoms. The number of H-pyrrole nitrogens is 1. The highest BCUT2D eigenvalue weighted by atomic mass is 16.5. The lowest BCUT2D eigenvalue weighted by atomic mass is 10.4. The third kappa shape index (κ3) is 6.10. The van der Waals surface area contributed by atoms with Crippen LogP contribution in [0.1, 0.15) is 5.82 Å². The quantitative estimate of drug-likeness (QED) is 0.556. The number of aromatic amines is 1. The van der Waals surface area contributed by atoms with Crippen LogP contribution in [0.15, 0.2) is 0 Å². The zero-order valence-electron chi connectivity index (χ0n) is 8.81. The van der Waals surface area contributed by atoms with Crippen molar-refractivity contribution in [2.24, 2.45) is 0 Å². The van der Waals surface area contributed by atoms with Crippen molar-refractivity contribution in [2.45, 2.75) is 6.42 Å². The van der Waals surface area contributed by atoms with E-state index in [1.165, 1.54) is 0 Å². The van der Waals surface area contributed by atoms with Gasteiger partial charge in [-0.1, -0.05) is 5.21 Å². The fraction of sp³-hybridized carbons (Fsp3) is 0.875. The van der Waals surface area contributed by atoms with Gasteiger partial charge in [-0.15, -0.1) is 10.2 Å². The molecule has 0 spiro atoms. The van der Waals surface area contributed by atoms with Crippen molar-refractivity contribution in [3.63, 3.8) is 0 Å². The highest BCUT2D eigenvalue weighted by Gasteiger charge is 1.97. The van der Waals surface area contributed by atoms with E-state index in [1.807, 2.05) is 0 Å². The summed E-state index contributed by atoms with van der Waals surface area (Å²) in [6.07, 6.45) is 0.661. The third-order valence-electron chi connectivity index (χ3n) is 1.66. The first-order valence-electron chi connectivity index (χ1n) is 4.80. The molecule has 0 aliphatic heterocycles. The predicted molar refractivity (Wildman–Crippen MR) is 51.4 cm³/mol. The fourth-order valence-corrected chi connectivity index (χ4v) is 0.916. The number of aromatic nitrogens is 4. The summed E-state index contributed by atoms with van der Waals surface area (Å²) in [4.78, 5) is 0. The van der Waals surface area contributed by atoms with Crippen LogP contribution in [0.5, 0.6) is 0 Å². The molecule has 7 nitrogen and oxygen atoms in total. The van der Waals surface area contributed by atoms with E-state index in [-0.39, 0.29) is 0 Å². The van der Waals surface area contributed by atoms with Crippen molar-refractivity contribution in [3.8, 4) is 0 Å². The molecule has 0 aromatic carbocycles. The summed E-state index contributed by atoms with van der Waals surface area (Å²) in [5, 5.41) is 13.4. The lowest BCUT2D eigenvalue weighted by Crippen LogP contribution is -2.10. The van der Waals surface area contributed by atoms with Gasteiger partial charge in [0, 0.05) is 13.5 Å². The Kier molecular flexibility index (Phi) is 6.63. The SMILES string of the molecule is COCCOCCOCCc1nn[nH]n1. The lowest BCUT2D eigenvalue weighted by Gasteiger charge is -2.03. The number of ether oxygens (including phenoxy) is 3. The largest absolute Gasteiger partial charge is 0.382 e. The summed E-state index contributed by atoms with van der Waals surface area (Å²) in [6.45, 7) is 2.94. The van der Waals surface area contributed by atoms with E-state index in [2.05, 4.69) is 20.6 Å². The van der Waals surface area contributed by atoms with Gasteiger partial charge in [0.15, 0.2) is 5.82 Å². The number of hydrogen-bond acceptors (Lipinski definition) is 6. The van der Waals surface area contributed by atoms with Crippen LogP contribution in [0.2, 0.25) is 0 Å². The summed E-state index contributed by atoms with van der Waals surface area (Å²) >= 11 is 0. The molecule has 0 aliphatic rings. The van der Waals surface area contributed by atoms with Crippen LogP contribution in [-0.4, -0.2) is 60.8 Å². The Hall–Kier alpha value is -1.05. The zero-order valence-corrected chi connectivity index (χ0v) is 8.81. The summed E-state index contributed by atoms with van der Waals surface area (Å²) in [7, 11) is 1.64. The van der Waals surface area contributed by atoms with E-state index < -0.39 is 0 Å². The highest BCUT2D eigenvalue weighted by Crippen LogP contribution is 1.87. The average molecular weight is 216 g/mol. The molecule has 0 saturated carbocycles. The van der Waals surface area contributed by atoms with Gasteiger partial charge in [0.1, 0.15) is 0 Å². The third-order valence-corrected chi connectivity index (χ3v) is 1.66. The molecular weight excluding hydrogens is 200 g/mol. The van der Waals surface area contributed by atoms with Crippen LogP contribution in [0, 0.1) is 0 Å².